The van der Waals surface area contributed by atoms with Crippen LogP contribution in [0.2, 0.25) is 5.02 Å². The summed E-state index contributed by atoms with van der Waals surface area (Å²) in [4.78, 5) is 14.4. The zero-order valence-corrected chi connectivity index (χ0v) is 16.8. The van der Waals surface area contributed by atoms with Crippen LogP contribution in [0.4, 0.5) is 5.69 Å². The topological polar surface area (TPSA) is 46.9 Å². The molecule has 2 aromatic heterocycles. The largest absolute Gasteiger partial charge is 0.321 e. The highest BCUT2D eigenvalue weighted by Gasteiger charge is 2.17. The number of aryl methyl sites for hydroxylation is 3. The number of amides is 1. The molecule has 0 atom stereocenters. The molecule has 0 saturated carbocycles. The fraction of sp³-hybridized carbons (Fsp3) is 0.143. The third kappa shape index (κ3) is 3.36. The molecule has 0 fully saturated rings. The van der Waals surface area contributed by atoms with Gasteiger partial charge in [0.25, 0.3) is 5.91 Å². The lowest BCUT2D eigenvalue weighted by molar-refractivity contribution is 0.103. The van der Waals surface area contributed by atoms with Crippen molar-refractivity contribution in [2.24, 2.45) is 0 Å². The van der Waals surface area contributed by atoms with Crippen LogP contribution < -0.4 is 5.32 Å². The molecule has 6 heteroatoms. The summed E-state index contributed by atoms with van der Waals surface area (Å²) in [5.41, 5.74) is 4.80. The fourth-order valence-corrected chi connectivity index (χ4v) is 4.17. The number of nitrogens with one attached hydrogen (secondary N) is 1. The Kier molecular flexibility index (Phi) is 4.50. The van der Waals surface area contributed by atoms with Gasteiger partial charge in [-0.25, -0.2) is 4.68 Å². The van der Waals surface area contributed by atoms with Crippen molar-refractivity contribution < 1.29 is 4.79 Å². The number of hydrogen-bond donors (Lipinski definition) is 1. The minimum absolute atomic E-state index is 0.105. The van der Waals surface area contributed by atoms with Crippen molar-refractivity contribution in [2.75, 3.05) is 5.32 Å². The Balaban J connectivity index is 1.71. The standard InChI is InChI=1S/C21H18ClN3OS/c1-12-4-5-13(2)18(10-12)23-20(26)19-11-17-14(3)24-25(21(17)27-19)16-8-6-15(22)7-9-16/h4-11H,1-3H3,(H,23,26). The highest BCUT2D eigenvalue weighted by molar-refractivity contribution is 7.20. The molecule has 4 rings (SSSR count). The molecule has 0 aliphatic heterocycles. The number of nitrogens with zero attached hydrogens (tertiary/aromatic N) is 2. The van der Waals surface area contributed by atoms with Crippen LogP contribution in [0.5, 0.6) is 0 Å². The lowest BCUT2D eigenvalue weighted by Crippen LogP contribution is -2.11. The molecule has 4 aromatic rings. The van der Waals surface area contributed by atoms with Gasteiger partial charge in [0.1, 0.15) is 4.83 Å². The summed E-state index contributed by atoms with van der Waals surface area (Å²) in [7, 11) is 0. The molecule has 2 aromatic carbocycles. The number of anilines is 1. The van der Waals surface area contributed by atoms with E-state index in [-0.39, 0.29) is 5.91 Å². The van der Waals surface area contributed by atoms with Crippen molar-refractivity contribution in [1.82, 2.24) is 9.78 Å². The van der Waals surface area contributed by atoms with Gasteiger partial charge in [0.2, 0.25) is 0 Å². The van der Waals surface area contributed by atoms with E-state index in [0.717, 1.165) is 38.4 Å². The minimum Gasteiger partial charge on any atom is -0.321 e. The number of carbonyl (C=O) groups is 1. The molecule has 0 spiro atoms. The summed E-state index contributed by atoms with van der Waals surface area (Å²) < 4.78 is 1.86. The number of fused-ring (bicyclic) bond motifs is 1. The molecule has 0 aliphatic carbocycles. The van der Waals surface area contributed by atoms with Gasteiger partial charge in [-0.3, -0.25) is 4.79 Å². The second kappa shape index (κ2) is 6.83. The maximum atomic E-state index is 12.8. The van der Waals surface area contributed by atoms with E-state index >= 15 is 0 Å². The number of halogens is 1. The molecule has 27 heavy (non-hydrogen) atoms. The maximum absolute atomic E-state index is 12.8. The van der Waals surface area contributed by atoms with Gasteiger partial charge < -0.3 is 5.32 Å². The molecule has 4 nitrogen and oxygen atoms in total. The molecular weight excluding hydrogens is 378 g/mol. The lowest BCUT2D eigenvalue weighted by atomic mass is 10.1. The van der Waals surface area contributed by atoms with Gasteiger partial charge in [0, 0.05) is 16.1 Å². The predicted octanol–water partition coefficient (Wildman–Crippen LogP) is 5.92. The third-order valence-electron chi connectivity index (χ3n) is 4.48. The molecule has 0 unspecified atom stereocenters. The van der Waals surface area contributed by atoms with Gasteiger partial charge in [-0.1, -0.05) is 23.7 Å². The Hall–Kier alpha value is -2.63. The quantitative estimate of drug-likeness (QED) is 0.468. The van der Waals surface area contributed by atoms with E-state index in [1.165, 1.54) is 11.3 Å². The first-order valence-electron chi connectivity index (χ1n) is 8.56. The number of aromatic nitrogens is 2. The zero-order valence-electron chi connectivity index (χ0n) is 15.2. The van der Waals surface area contributed by atoms with E-state index in [1.807, 2.05) is 74.0 Å². The Morgan fingerprint density at radius 2 is 1.81 bits per heavy atom. The number of benzene rings is 2. The van der Waals surface area contributed by atoms with E-state index in [0.29, 0.717) is 9.90 Å². The molecule has 2 heterocycles. The highest BCUT2D eigenvalue weighted by Crippen LogP contribution is 2.31. The van der Waals surface area contributed by atoms with Gasteiger partial charge in [0.05, 0.1) is 16.3 Å². The van der Waals surface area contributed by atoms with Gasteiger partial charge in [0.15, 0.2) is 0 Å². The van der Waals surface area contributed by atoms with Crippen molar-refractivity contribution in [3.8, 4) is 5.69 Å². The van der Waals surface area contributed by atoms with Crippen LogP contribution in [0.25, 0.3) is 15.9 Å². The predicted molar refractivity (Wildman–Crippen MR) is 113 cm³/mol. The molecule has 1 N–H and O–H groups in total. The van der Waals surface area contributed by atoms with Crippen LogP contribution in [0.3, 0.4) is 0 Å². The second-order valence-electron chi connectivity index (χ2n) is 6.58. The van der Waals surface area contributed by atoms with Crippen LogP contribution >= 0.6 is 22.9 Å². The van der Waals surface area contributed by atoms with Crippen molar-refractivity contribution in [2.45, 2.75) is 20.8 Å². The molecule has 0 saturated heterocycles. The van der Waals surface area contributed by atoms with Crippen LogP contribution in [-0.4, -0.2) is 15.7 Å². The van der Waals surface area contributed by atoms with Gasteiger partial charge in [-0.05, 0) is 68.3 Å². The van der Waals surface area contributed by atoms with Gasteiger partial charge >= 0.3 is 0 Å². The fourth-order valence-electron chi connectivity index (χ4n) is 2.97. The first kappa shape index (κ1) is 17.8. The van der Waals surface area contributed by atoms with E-state index in [2.05, 4.69) is 10.4 Å². The normalized spacial score (nSPS) is 11.1. The zero-order chi connectivity index (χ0) is 19.1. The van der Waals surface area contributed by atoms with E-state index in [9.17, 15) is 4.79 Å². The summed E-state index contributed by atoms with van der Waals surface area (Å²) in [5.74, 6) is -0.105. The number of thiophene rings is 1. The molecule has 1 amide bonds. The van der Waals surface area contributed by atoms with Crippen LogP contribution in [0.15, 0.2) is 48.5 Å². The lowest BCUT2D eigenvalue weighted by Gasteiger charge is -2.08. The van der Waals surface area contributed by atoms with E-state index < -0.39 is 0 Å². The minimum atomic E-state index is -0.105. The highest BCUT2D eigenvalue weighted by atomic mass is 35.5. The maximum Gasteiger partial charge on any atom is 0.265 e. The van der Waals surface area contributed by atoms with Gasteiger partial charge in [-0.15, -0.1) is 11.3 Å². The van der Waals surface area contributed by atoms with Gasteiger partial charge in [-0.2, -0.15) is 5.10 Å². The summed E-state index contributed by atoms with van der Waals surface area (Å²) in [6.07, 6.45) is 0. The average Bonchev–Trinajstić information content (AvgIpc) is 3.20. The van der Waals surface area contributed by atoms with Crippen molar-refractivity contribution in [1.29, 1.82) is 0 Å². The molecule has 136 valence electrons. The van der Waals surface area contributed by atoms with Crippen molar-refractivity contribution in [3.05, 3.63) is 75.3 Å². The van der Waals surface area contributed by atoms with Crippen LogP contribution in [0.1, 0.15) is 26.5 Å². The second-order valence-corrected chi connectivity index (χ2v) is 8.04. The van der Waals surface area contributed by atoms with E-state index in [4.69, 9.17) is 11.6 Å². The Bertz CT molecular complexity index is 1160. The SMILES string of the molecule is Cc1ccc(C)c(NC(=O)c2cc3c(C)nn(-c4ccc(Cl)cc4)c3s2)c1. The number of carbonyl (C=O) groups excluding carboxylic acids is 1. The van der Waals surface area contributed by atoms with Crippen LogP contribution in [-0.2, 0) is 0 Å². The monoisotopic (exact) mass is 395 g/mol. The van der Waals surface area contributed by atoms with Crippen molar-refractivity contribution in [3.63, 3.8) is 0 Å². The Labute approximate surface area is 166 Å². The van der Waals surface area contributed by atoms with Crippen molar-refractivity contribution >= 4 is 44.7 Å². The Morgan fingerprint density at radius 3 is 2.56 bits per heavy atom. The first-order valence-corrected chi connectivity index (χ1v) is 9.75. The molecular formula is C21H18ClN3OS. The number of rotatable bonds is 3. The average molecular weight is 396 g/mol. The molecule has 0 radical (unpaired) electrons. The third-order valence-corrected chi connectivity index (χ3v) is 5.84. The summed E-state index contributed by atoms with van der Waals surface area (Å²) >= 11 is 7.43. The molecule has 0 aliphatic rings. The summed E-state index contributed by atoms with van der Waals surface area (Å²) in [6, 6.07) is 15.5. The number of hydrogen-bond acceptors (Lipinski definition) is 3. The van der Waals surface area contributed by atoms with Crippen LogP contribution in [0, 0.1) is 20.8 Å². The van der Waals surface area contributed by atoms with E-state index in [1.54, 1.807) is 0 Å². The first-order chi connectivity index (χ1) is 12.9. The molecule has 0 bridgehead atoms. The summed E-state index contributed by atoms with van der Waals surface area (Å²) in [5, 5.41) is 9.31. The Morgan fingerprint density at radius 1 is 1.07 bits per heavy atom. The smallest absolute Gasteiger partial charge is 0.265 e. The summed E-state index contributed by atoms with van der Waals surface area (Å²) in [6.45, 7) is 5.95.